The number of rotatable bonds is 2. The van der Waals surface area contributed by atoms with E-state index in [1.807, 2.05) is 0 Å². The molecule has 0 aromatic heterocycles. The molecular weight excluding hydrogens is 323 g/mol. The molecule has 124 valence electrons. The van der Waals surface area contributed by atoms with Crippen LogP contribution < -0.4 is 5.32 Å². The van der Waals surface area contributed by atoms with Gasteiger partial charge < -0.3 is 10.4 Å². The number of anilines is 1. The van der Waals surface area contributed by atoms with Crippen LogP contribution >= 0.6 is 0 Å². The molecule has 0 saturated heterocycles. The van der Waals surface area contributed by atoms with Crippen molar-refractivity contribution in [1.82, 2.24) is 0 Å². The molecule has 7 heteroatoms. The second kappa shape index (κ2) is 5.67. The van der Waals surface area contributed by atoms with Gasteiger partial charge in [-0.15, -0.1) is 0 Å². The van der Waals surface area contributed by atoms with Crippen LogP contribution in [0.25, 0.3) is 11.1 Å². The summed E-state index contributed by atoms with van der Waals surface area (Å²) in [7, 11) is 0. The number of aliphatic carboxylic acids is 1. The largest absolute Gasteiger partial charge is 0.481 e. The van der Waals surface area contributed by atoms with Gasteiger partial charge in [0.05, 0.1) is 5.56 Å². The molecule has 0 saturated carbocycles. The van der Waals surface area contributed by atoms with Crippen molar-refractivity contribution in [3.05, 3.63) is 53.6 Å². The van der Waals surface area contributed by atoms with Crippen molar-refractivity contribution in [2.45, 2.75) is 12.6 Å². The fourth-order valence-electron chi connectivity index (χ4n) is 2.65. The Balaban J connectivity index is 1.93. The summed E-state index contributed by atoms with van der Waals surface area (Å²) in [4.78, 5) is 22.8. The number of carbonyl (C=O) groups is 2. The third-order valence-corrected chi connectivity index (χ3v) is 3.95. The number of amides is 1. The maximum Gasteiger partial charge on any atom is 0.416 e. The molecule has 2 aromatic rings. The Kier molecular flexibility index (Phi) is 3.79. The van der Waals surface area contributed by atoms with E-state index in [0.29, 0.717) is 22.4 Å². The minimum Gasteiger partial charge on any atom is -0.481 e. The Morgan fingerprint density at radius 3 is 2.29 bits per heavy atom. The summed E-state index contributed by atoms with van der Waals surface area (Å²) < 4.78 is 37.8. The lowest BCUT2D eigenvalue weighted by Crippen LogP contribution is -2.35. The summed E-state index contributed by atoms with van der Waals surface area (Å²) in [6.45, 7) is 0. The number of alkyl halides is 3. The number of carboxylic acid groups (broad SMARTS) is 1. The zero-order valence-electron chi connectivity index (χ0n) is 12.2. The number of hydrogen-bond acceptors (Lipinski definition) is 2. The summed E-state index contributed by atoms with van der Waals surface area (Å²) in [5.41, 5.74) is 1.66. The average Bonchev–Trinajstić information content (AvgIpc) is 2.53. The average molecular weight is 335 g/mol. The predicted octanol–water partition coefficient (Wildman–Crippen LogP) is 3.57. The van der Waals surface area contributed by atoms with Crippen molar-refractivity contribution >= 4 is 17.6 Å². The molecular formula is C17H12F3NO3. The fourth-order valence-corrected chi connectivity index (χ4v) is 2.65. The SMILES string of the molecule is O=C(O)C1Cc2cc(-c3ccc(C(F)(F)F)cc3)ccc2NC1=O. The lowest BCUT2D eigenvalue weighted by molar-refractivity contribution is -0.145. The summed E-state index contributed by atoms with van der Waals surface area (Å²) in [5, 5.41) is 11.6. The number of carboxylic acids is 1. The standard InChI is InChI=1S/C17H12F3NO3/c18-17(19,20)12-4-1-9(2-5-12)10-3-6-14-11(7-10)8-13(16(23)24)15(22)21-14/h1-7,13H,8H2,(H,21,22)(H,23,24). The maximum absolute atomic E-state index is 12.6. The number of halogens is 3. The van der Waals surface area contributed by atoms with Gasteiger partial charge in [0.2, 0.25) is 5.91 Å². The Labute approximate surface area is 134 Å². The number of hydrogen-bond donors (Lipinski definition) is 2. The van der Waals surface area contributed by atoms with Crippen LogP contribution in [0.1, 0.15) is 11.1 Å². The van der Waals surface area contributed by atoms with Crippen molar-refractivity contribution < 1.29 is 27.9 Å². The highest BCUT2D eigenvalue weighted by atomic mass is 19.4. The van der Waals surface area contributed by atoms with Crippen molar-refractivity contribution in [2.75, 3.05) is 5.32 Å². The number of carbonyl (C=O) groups excluding carboxylic acids is 1. The van der Waals surface area contributed by atoms with E-state index in [0.717, 1.165) is 12.1 Å². The van der Waals surface area contributed by atoms with E-state index in [-0.39, 0.29) is 6.42 Å². The molecule has 4 nitrogen and oxygen atoms in total. The summed E-state index contributed by atoms with van der Waals surface area (Å²) in [6.07, 6.45) is -4.35. The first-order valence-corrected chi connectivity index (χ1v) is 7.10. The second-order valence-corrected chi connectivity index (χ2v) is 5.53. The van der Waals surface area contributed by atoms with Crippen molar-refractivity contribution in [2.24, 2.45) is 5.92 Å². The van der Waals surface area contributed by atoms with Gasteiger partial charge in [-0.25, -0.2) is 0 Å². The molecule has 0 aliphatic carbocycles. The molecule has 3 rings (SSSR count). The summed E-state index contributed by atoms with van der Waals surface area (Å²) in [6, 6.07) is 9.70. The number of benzene rings is 2. The van der Waals surface area contributed by atoms with Crippen LogP contribution in [0, 0.1) is 5.92 Å². The minimum absolute atomic E-state index is 0.0466. The second-order valence-electron chi connectivity index (χ2n) is 5.53. The third-order valence-electron chi connectivity index (χ3n) is 3.95. The normalized spacial score (nSPS) is 17.1. The van der Waals surface area contributed by atoms with Gasteiger partial charge >= 0.3 is 12.1 Å². The Bertz CT molecular complexity index is 813. The van der Waals surface area contributed by atoms with Gasteiger partial charge in [-0.05, 0) is 47.4 Å². The third kappa shape index (κ3) is 2.97. The molecule has 1 unspecified atom stereocenters. The minimum atomic E-state index is -4.40. The number of nitrogens with one attached hydrogen (secondary N) is 1. The molecule has 0 fully saturated rings. The molecule has 2 aromatic carbocycles. The topological polar surface area (TPSA) is 66.4 Å². The lowest BCUT2D eigenvalue weighted by atomic mass is 9.90. The predicted molar refractivity (Wildman–Crippen MR) is 80.3 cm³/mol. The molecule has 1 atom stereocenters. The molecule has 0 radical (unpaired) electrons. The van der Waals surface area contributed by atoms with Gasteiger partial charge in [0.1, 0.15) is 5.92 Å². The quantitative estimate of drug-likeness (QED) is 0.825. The van der Waals surface area contributed by atoms with Crippen molar-refractivity contribution in [3.63, 3.8) is 0 Å². The highest BCUT2D eigenvalue weighted by molar-refractivity contribution is 6.06. The molecule has 2 N–H and O–H groups in total. The highest BCUT2D eigenvalue weighted by Crippen LogP contribution is 2.33. The molecule has 1 amide bonds. The van der Waals surface area contributed by atoms with Crippen LogP contribution in [-0.4, -0.2) is 17.0 Å². The van der Waals surface area contributed by atoms with Crippen molar-refractivity contribution in [3.8, 4) is 11.1 Å². The highest BCUT2D eigenvalue weighted by Gasteiger charge is 2.32. The smallest absolute Gasteiger partial charge is 0.416 e. The van der Waals surface area contributed by atoms with Gasteiger partial charge in [-0.3, -0.25) is 9.59 Å². The van der Waals surface area contributed by atoms with Crippen molar-refractivity contribution in [1.29, 1.82) is 0 Å². The summed E-state index contributed by atoms with van der Waals surface area (Å²) in [5.74, 6) is -2.95. The zero-order valence-corrected chi connectivity index (χ0v) is 12.2. The maximum atomic E-state index is 12.6. The van der Waals surface area contributed by atoms with Gasteiger partial charge in [0.15, 0.2) is 0 Å². The molecule has 1 aliphatic heterocycles. The van der Waals surface area contributed by atoms with Crippen LogP contribution in [0.3, 0.4) is 0 Å². The van der Waals surface area contributed by atoms with E-state index in [1.54, 1.807) is 18.2 Å². The van der Waals surface area contributed by atoms with Crippen LogP contribution in [0.15, 0.2) is 42.5 Å². The van der Waals surface area contributed by atoms with Crippen LogP contribution in [0.5, 0.6) is 0 Å². The monoisotopic (exact) mass is 335 g/mol. The van der Waals surface area contributed by atoms with Gasteiger partial charge in [0, 0.05) is 5.69 Å². The molecule has 1 heterocycles. The lowest BCUT2D eigenvalue weighted by Gasteiger charge is -2.22. The van der Waals surface area contributed by atoms with Gasteiger partial charge in [-0.2, -0.15) is 13.2 Å². The Morgan fingerprint density at radius 2 is 1.71 bits per heavy atom. The first kappa shape index (κ1) is 16.0. The molecule has 0 bridgehead atoms. The van der Waals surface area contributed by atoms with Gasteiger partial charge in [-0.1, -0.05) is 18.2 Å². The number of fused-ring (bicyclic) bond motifs is 1. The fraction of sp³-hybridized carbons (Fsp3) is 0.176. The molecule has 0 spiro atoms. The van der Waals surface area contributed by atoms with E-state index >= 15 is 0 Å². The zero-order chi connectivity index (χ0) is 17.5. The van der Waals surface area contributed by atoms with E-state index in [4.69, 9.17) is 5.11 Å². The van der Waals surface area contributed by atoms with E-state index in [1.165, 1.54) is 12.1 Å². The first-order valence-electron chi connectivity index (χ1n) is 7.10. The van der Waals surface area contributed by atoms with Crippen LogP contribution in [0.2, 0.25) is 0 Å². The van der Waals surface area contributed by atoms with E-state index in [2.05, 4.69) is 5.32 Å². The Morgan fingerprint density at radius 1 is 1.08 bits per heavy atom. The van der Waals surface area contributed by atoms with Crippen LogP contribution in [-0.2, 0) is 22.2 Å². The van der Waals surface area contributed by atoms with Crippen LogP contribution in [0.4, 0.5) is 18.9 Å². The van der Waals surface area contributed by atoms with E-state index < -0.39 is 29.5 Å². The summed E-state index contributed by atoms with van der Waals surface area (Å²) >= 11 is 0. The van der Waals surface area contributed by atoms with Gasteiger partial charge in [0.25, 0.3) is 0 Å². The molecule has 24 heavy (non-hydrogen) atoms. The molecule has 1 aliphatic rings. The first-order chi connectivity index (χ1) is 11.3. The van der Waals surface area contributed by atoms with E-state index in [9.17, 15) is 22.8 Å². The Hall–Kier alpha value is -2.83.